The number of methoxy groups -OCH3 is 1. The molecule has 1 saturated carbocycles. The predicted molar refractivity (Wildman–Crippen MR) is 55.7 cm³/mol. The maximum atomic E-state index is 11.2. The minimum Gasteiger partial charge on any atom is -0.469 e. The van der Waals surface area contributed by atoms with Crippen LogP contribution in [0.15, 0.2) is 0 Å². The molecule has 1 rings (SSSR count). The summed E-state index contributed by atoms with van der Waals surface area (Å²) >= 11 is 0. The standard InChI is InChI=1S/C11H21NO2/c1-11(2)5-4-9(12)6-8(11)7-10(13)14-3/h8-9H,4-7,12H2,1-3H3/t8-,9-/m0/s1. The van der Waals surface area contributed by atoms with Gasteiger partial charge < -0.3 is 10.5 Å². The van der Waals surface area contributed by atoms with Crippen LogP contribution in [0.4, 0.5) is 0 Å². The average molecular weight is 199 g/mol. The molecule has 0 aromatic carbocycles. The lowest BCUT2D eigenvalue weighted by atomic mass is 9.66. The third-order valence-electron chi connectivity index (χ3n) is 3.49. The summed E-state index contributed by atoms with van der Waals surface area (Å²) in [5.41, 5.74) is 6.14. The van der Waals surface area contributed by atoms with Crippen LogP contribution in [0.5, 0.6) is 0 Å². The van der Waals surface area contributed by atoms with Gasteiger partial charge in [-0.1, -0.05) is 13.8 Å². The number of ether oxygens (including phenoxy) is 1. The Hall–Kier alpha value is -0.570. The number of carbonyl (C=O) groups is 1. The molecule has 0 aromatic heterocycles. The first-order chi connectivity index (χ1) is 6.45. The number of carbonyl (C=O) groups excluding carboxylic acids is 1. The second-order valence-electron chi connectivity index (χ2n) is 5.00. The molecule has 2 N–H and O–H groups in total. The first-order valence-corrected chi connectivity index (χ1v) is 5.28. The molecule has 0 aromatic rings. The largest absolute Gasteiger partial charge is 0.469 e. The highest BCUT2D eigenvalue weighted by molar-refractivity contribution is 5.69. The Bertz CT molecular complexity index is 213. The maximum Gasteiger partial charge on any atom is 0.305 e. The number of rotatable bonds is 2. The van der Waals surface area contributed by atoms with Crippen molar-refractivity contribution in [3.63, 3.8) is 0 Å². The first kappa shape index (κ1) is 11.5. The van der Waals surface area contributed by atoms with Gasteiger partial charge in [0.2, 0.25) is 0 Å². The highest BCUT2D eigenvalue weighted by Gasteiger charge is 2.36. The molecule has 2 atom stereocenters. The van der Waals surface area contributed by atoms with E-state index < -0.39 is 0 Å². The molecule has 0 amide bonds. The van der Waals surface area contributed by atoms with Gasteiger partial charge in [-0.15, -0.1) is 0 Å². The highest BCUT2D eigenvalue weighted by atomic mass is 16.5. The van der Waals surface area contributed by atoms with Crippen LogP contribution in [0, 0.1) is 11.3 Å². The normalized spacial score (nSPS) is 31.1. The number of hydrogen-bond donors (Lipinski definition) is 1. The molecular formula is C11H21NO2. The summed E-state index contributed by atoms with van der Waals surface area (Å²) in [5, 5.41) is 0. The van der Waals surface area contributed by atoms with Crippen molar-refractivity contribution in [3.8, 4) is 0 Å². The summed E-state index contributed by atoms with van der Waals surface area (Å²) < 4.78 is 4.70. The summed E-state index contributed by atoms with van der Waals surface area (Å²) in [7, 11) is 1.44. The fourth-order valence-corrected chi connectivity index (χ4v) is 2.21. The average Bonchev–Trinajstić information content (AvgIpc) is 2.12. The molecule has 82 valence electrons. The van der Waals surface area contributed by atoms with Gasteiger partial charge in [-0.25, -0.2) is 0 Å². The van der Waals surface area contributed by atoms with E-state index in [1.807, 2.05) is 0 Å². The molecule has 0 unspecified atom stereocenters. The van der Waals surface area contributed by atoms with Crippen molar-refractivity contribution in [2.24, 2.45) is 17.1 Å². The van der Waals surface area contributed by atoms with Gasteiger partial charge in [-0.05, 0) is 30.6 Å². The Morgan fingerprint density at radius 1 is 1.57 bits per heavy atom. The molecule has 3 nitrogen and oxygen atoms in total. The van der Waals surface area contributed by atoms with Crippen molar-refractivity contribution in [1.82, 2.24) is 0 Å². The number of esters is 1. The fourth-order valence-electron chi connectivity index (χ4n) is 2.21. The van der Waals surface area contributed by atoms with Crippen molar-refractivity contribution in [3.05, 3.63) is 0 Å². The van der Waals surface area contributed by atoms with Gasteiger partial charge in [0.1, 0.15) is 0 Å². The van der Waals surface area contributed by atoms with E-state index in [1.54, 1.807) is 0 Å². The van der Waals surface area contributed by atoms with E-state index in [-0.39, 0.29) is 17.4 Å². The topological polar surface area (TPSA) is 52.3 Å². The van der Waals surface area contributed by atoms with Gasteiger partial charge in [0, 0.05) is 12.5 Å². The van der Waals surface area contributed by atoms with Crippen LogP contribution in [-0.2, 0) is 9.53 Å². The predicted octanol–water partition coefficient (Wildman–Crippen LogP) is 1.70. The Morgan fingerprint density at radius 2 is 2.21 bits per heavy atom. The monoisotopic (exact) mass is 199 g/mol. The quantitative estimate of drug-likeness (QED) is 0.689. The molecule has 0 spiro atoms. The Morgan fingerprint density at radius 3 is 2.79 bits per heavy atom. The van der Waals surface area contributed by atoms with E-state index in [1.165, 1.54) is 7.11 Å². The zero-order chi connectivity index (χ0) is 10.8. The Kier molecular flexibility index (Phi) is 3.53. The van der Waals surface area contributed by atoms with Crippen LogP contribution < -0.4 is 5.73 Å². The molecule has 1 aliphatic carbocycles. The summed E-state index contributed by atoms with van der Waals surface area (Å²) in [4.78, 5) is 11.2. The molecule has 0 saturated heterocycles. The summed E-state index contributed by atoms with van der Waals surface area (Å²) in [6.45, 7) is 4.43. The molecular weight excluding hydrogens is 178 g/mol. The van der Waals surface area contributed by atoms with Crippen molar-refractivity contribution in [2.75, 3.05) is 7.11 Å². The maximum absolute atomic E-state index is 11.2. The van der Waals surface area contributed by atoms with Gasteiger partial charge in [0.25, 0.3) is 0 Å². The van der Waals surface area contributed by atoms with Crippen LogP contribution in [0.2, 0.25) is 0 Å². The molecule has 1 fully saturated rings. The van der Waals surface area contributed by atoms with E-state index in [0.717, 1.165) is 19.3 Å². The molecule has 0 aliphatic heterocycles. The van der Waals surface area contributed by atoms with Crippen molar-refractivity contribution < 1.29 is 9.53 Å². The lowest BCUT2D eigenvalue weighted by molar-refractivity contribution is -0.143. The zero-order valence-electron chi connectivity index (χ0n) is 9.38. The van der Waals surface area contributed by atoms with E-state index in [9.17, 15) is 4.79 Å². The molecule has 14 heavy (non-hydrogen) atoms. The SMILES string of the molecule is COC(=O)C[C@@H]1C[C@@H](N)CCC1(C)C. The molecule has 1 aliphatic rings. The van der Waals surface area contributed by atoms with Crippen molar-refractivity contribution in [2.45, 2.75) is 45.6 Å². The summed E-state index contributed by atoms with van der Waals surface area (Å²) in [6.07, 6.45) is 3.64. The van der Waals surface area contributed by atoms with E-state index in [2.05, 4.69) is 13.8 Å². The van der Waals surface area contributed by atoms with Crippen LogP contribution in [0.3, 0.4) is 0 Å². The first-order valence-electron chi connectivity index (χ1n) is 5.28. The molecule has 0 bridgehead atoms. The third-order valence-corrected chi connectivity index (χ3v) is 3.49. The third kappa shape index (κ3) is 2.71. The number of hydrogen-bond acceptors (Lipinski definition) is 3. The Balaban J connectivity index is 2.58. The molecule has 3 heteroatoms. The van der Waals surface area contributed by atoms with Gasteiger partial charge in [-0.2, -0.15) is 0 Å². The molecule has 0 heterocycles. The van der Waals surface area contributed by atoms with Crippen LogP contribution >= 0.6 is 0 Å². The lowest BCUT2D eigenvalue weighted by Gasteiger charge is -2.40. The lowest BCUT2D eigenvalue weighted by Crippen LogP contribution is -2.39. The summed E-state index contributed by atoms with van der Waals surface area (Å²) in [6, 6.07) is 0.262. The van der Waals surface area contributed by atoms with Crippen molar-refractivity contribution >= 4 is 5.97 Å². The Labute approximate surface area is 86.0 Å². The highest BCUT2D eigenvalue weighted by Crippen LogP contribution is 2.41. The van der Waals surface area contributed by atoms with Crippen LogP contribution in [0.25, 0.3) is 0 Å². The minimum atomic E-state index is -0.114. The van der Waals surface area contributed by atoms with Crippen molar-refractivity contribution in [1.29, 1.82) is 0 Å². The van der Waals surface area contributed by atoms with E-state index in [0.29, 0.717) is 12.3 Å². The van der Waals surface area contributed by atoms with E-state index in [4.69, 9.17) is 10.5 Å². The fraction of sp³-hybridized carbons (Fsp3) is 0.909. The molecule has 0 radical (unpaired) electrons. The van der Waals surface area contributed by atoms with Crippen LogP contribution in [0.1, 0.15) is 39.5 Å². The van der Waals surface area contributed by atoms with E-state index >= 15 is 0 Å². The second-order valence-corrected chi connectivity index (χ2v) is 5.00. The van der Waals surface area contributed by atoms with Gasteiger partial charge in [-0.3, -0.25) is 4.79 Å². The smallest absolute Gasteiger partial charge is 0.305 e. The van der Waals surface area contributed by atoms with Gasteiger partial charge >= 0.3 is 5.97 Å². The van der Waals surface area contributed by atoms with Gasteiger partial charge in [0.05, 0.1) is 7.11 Å². The van der Waals surface area contributed by atoms with Gasteiger partial charge in [0.15, 0.2) is 0 Å². The summed E-state index contributed by atoms with van der Waals surface area (Å²) in [5.74, 6) is 0.260. The number of nitrogens with two attached hydrogens (primary N) is 1. The zero-order valence-corrected chi connectivity index (χ0v) is 9.38. The van der Waals surface area contributed by atoms with Crippen LogP contribution in [-0.4, -0.2) is 19.1 Å². The minimum absolute atomic E-state index is 0.114. The second kappa shape index (κ2) is 4.30.